The minimum Gasteiger partial charge on any atom is -0.489 e. The fourth-order valence-electron chi connectivity index (χ4n) is 1.74. The first-order valence-electron chi connectivity index (χ1n) is 5.63. The van der Waals surface area contributed by atoms with Crippen molar-refractivity contribution in [3.05, 3.63) is 42.0 Å². The third kappa shape index (κ3) is 2.63. The standard InChI is InChI=1S/C14H15NO2/c1-11(2)9-17-13-5-3-12(4-6-13)14(7-8-14)15-10-16/h3-6H,1,7-9H2,2H3. The number of ether oxygens (including phenoxy) is 1. The van der Waals surface area contributed by atoms with Gasteiger partial charge in [-0.2, -0.15) is 4.99 Å². The van der Waals surface area contributed by atoms with Crippen molar-refractivity contribution >= 4 is 6.08 Å². The summed E-state index contributed by atoms with van der Waals surface area (Å²) in [7, 11) is 0. The zero-order chi connectivity index (χ0) is 12.3. The first-order chi connectivity index (χ1) is 8.16. The molecule has 88 valence electrons. The number of hydrogen-bond acceptors (Lipinski definition) is 3. The number of carbonyl (C=O) groups excluding carboxylic acids is 1. The van der Waals surface area contributed by atoms with Crippen LogP contribution in [0.25, 0.3) is 0 Å². The largest absolute Gasteiger partial charge is 0.489 e. The molecule has 1 aromatic carbocycles. The van der Waals surface area contributed by atoms with Crippen molar-refractivity contribution in [2.75, 3.05) is 6.61 Å². The number of nitrogens with zero attached hydrogens (tertiary/aromatic N) is 1. The lowest BCUT2D eigenvalue weighted by atomic mass is 10.1. The third-order valence-electron chi connectivity index (χ3n) is 2.86. The van der Waals surface area contributed by atoms with Gasteiger partial charge in [0.1, 0.15) is 12.4 Å². The average Bonchev–Trinajstić information content (AvgIpc) is 3.09. The van der Waals surface area contributed by atoms with Gasteiger partial charge in [0.15, 0.2) is 0 Å². The second-order valence-electron chi connectivity index (χ2n) is 4.50. The van der Waals surface area contributed by atoms with Gasteiger partial charge in [0, 0.05) is 0 Å². The molecular formula is C14H15NO2. The van der Waals surface area contributed by atoms with E-state index in [-0.39, 0.29) is 5.54 Å². The summed E-state index contributed by atoms with van der Waals surface area (Å²) in [6.45, 7) is 6.23. The van der Waals surface area contributed by atoms with Gasteiger partial charge < -0.3 is 4.74 Å². The number of aliphatic imine (C=N–C) groups is 1. The Balaban J connectivity index is 2.08. The molecule has 0 aliphatic heterocycles. The number of isocyanates is 1. The summed E-state index contributed by atoms with van der Waals surface area (Å²) in [6, 6.07) is 7.72. The fourth-order valence-corrected chi connectivity index (χ4v) is 1.74. The Hall–Kier alpha value is -1.86. The second-order valence-corrected chi connectivity index (χ2v) is 4.50. The molecule has 2 rings (SSSR count). The topological polar surface area (TPSA) is 38.7 Å². The normalized spacial score (nSPS) is 15.8. The molecule has 0 saturated heterocycles. The maximum absolute atomic E-state index is 10.4. The molecule has 3 nitrogen and oxygen atoms in total. The van der Waals surface area contributed by atoms with Gasteiger partial charge >= 0.3 is 0 Å². The predicted octanol–water partition coefficient (Wildman–Crippen LogP) is 2.97. The van der Waals surface area contributed by atoms with Crippen LogP contribution in [-0.2, 0) is 10.3 Å². The molecule has 0 amide bonds. The van der Waals surface area contributed by atoms with E-state index >= 15 is 0 Å². The molecule has 0 radical (unpaired) electrons. The van der Waals surface area contributed by atoms with Crippen LogP contribution in [0, 0.1) is 0 Å². The maximum Gasteiger partial charge on any atom is 0.235 e. The summed E-state index contributed by atoms with van der Waals surface area (Å²) < 4.78 is 5.51. The molecule has 1 aromatic rings. The van der Waals surface area contributed by atoms with E-state index < -0.39 is 0 Å². The van der Waals surface area contributed by atoms with Crippen molar-refractivity contribution < 1.29 is 9.53 Å². The van der Waals surface area contributed by atoms with Crippen LogP contribution in [0.5, 0.6) is 5.75 Å². The molecule has 0 bridgehead atoms. The van der Waals surface area contributed by atoms with E-state index in [2.05, 4.69) is 11.6 Å². The monoisotopic (exact) mass is 229 g/mol. The van der Waals surface area contributed by atoms with Gasteiger partial charge in [-0.15, -0.1) is 0 Å². The summed E-state index contributed by atoms with van der Waals surface area (Å²) in [6.07, 6.45) is 3.51. The summed E-state index contributed by atoms with van der Waals surface area (Å²) in [5, 5.41) is 0. The van der Waals surface area contributed by atoms with E-state index in [9.17, 15) is 4.79 Å². The minimum absolute atomic E-state index is 0.297. The molecule has 1 aliphatic carbocycles. The minimum atomic E-state index is -0.297. The van der Waals surface area contributed by atoms with Crippen molar-refractivity contribution in [3.8, 4) is 5.75 Å². The molecule has 1 saturated carbocycles. The van der Waals surface area contributed by atoms with Crippen molar-refractivity contribution in [2.45, 2.75) is 25.3 Å². The molecular weight excluding hydrogens is 214 g/mol. The first kappa shape index (κ1) is 11.6. The van der Waals surface area contributed by atoms with Crippen LogP contribution >= 0.6 is 0 Å². The van der Waals surface area contributed by atoms with Crippen LogP contribution in [0.2, 0.25) is 0 Å². The van der Waals surface area contributed by atoms with E-state index in [0.717, 1.165) is 29.7 Å². The van der Waals surface area contributed by atoms with Crippen molar-refractivity contribution in [2.24, 2.45) is 4.99 Å². The van der Waals surface area contributed by atoms with Gasteiger partial charge in [0.2, 0.25) is 6.08 Å². The van der Waals surface area contributed by atoms with Gasteiger partial charge in [0.25, 0.3) is 0 Å². The quantitative estimate of drug-likeness (QED) is 0.442. The Morgan fingerprint density at radius 2 is 2.12 bits per heavy atom. The number of benzene rings is 1. The molecule has 3 heteroatoms. The van der Waals surface area contributed by atoms with Crippen molar-refractivity contribution in [1.82, 2.24) is 0 Å². The van der Waals surface area contributed by atoms with E-state index in [1.165, 1.54) is 0 Å². The Labute approximate surface area is 101 Å². The number of hydrogen-bond donors (Lipinski definition) is 0. The second kappa shape index (κ2) is 4.56. The fraction of sp³-hybridized carbons (Fsp3) is 0.357. The van der Waals surface area contributed by atoms with Crippen LogP contribution in [-0.4, -0.2) is 12.7 Å². The zero-order valence-electron chi connectivity index (χ0n) is 9.90. The van der Waals surface area contributed by atoms with Gasteiger partial charge in [-0.05, 0) is 43.0 Å². The van der Waals surface area contributed by atoms with Crippen LogP contribution < -0.4 is 4.74 Å². The Morgan fingerprint density at radius 1 is 1.47 bits per heavy atom. The van der Waals surface area contributed by atoms with Crippen LogP contribution in [0.1, 0.15) is 25.3 Å². The highest BCUT2D eigenvalue weighted by Crippen LogP contribution is 2.49. The zero-order valence-corrected chi connectivity index (χ0v) is 9.90. The highest BCUT2D eigenvalue weighted by atomic mass is 16.5. The molecule has 17 heavy (non-hydrogen) atoms. The van der Waals surface area contributed by atoms with Gasteiger partial charge in [-0.1, -0.05) is 18.7 Å². The lowest BCUT2D eigenvalue weighted by Gasteiger charge is -2.10. The molecule has 0 heterocycles. The highest BCUT2D eigenvalue weighted by Gasteiger charge is 2.44. The van der Waals surface area contributed by atoms with E-state index in [1.54, 1.807) is 6.08 Å². The first-order valence-corrected chi connectivity index (χ1v) is 5.63. The van der Waals surface area contributed by atoms with E-state index in [0.29, 0.717) is 6.61 Å². The molecule has 0 spiro atoms. The van der Waals surface area contributed by atoms with E-state index in [4.69, 9.17) is 4.74 Å². The lowest BCUT2D eigenvalue weighted by molar-refractivity contribution is 0.352. The molecule has 1 fully saturated rings. The van der Waals surface area contributed by atoms with Gasteiger partial charge in [-0.25, -0.2) is 4.79 Å². The molecule has 0 aromatic heterocycles. The molecule has 0 N–H and O–H groups in total. The number of rotatable bonds is 5. The van der Waals surface area contributed by atoms with Gasteiger partial charge in [-0.3, -0.25) is 0 Å². The van der Waals surface area contributed by atoms with Crippen LogP contribution in [0.3, 0.4) is 0 Å². The van der Waals surface area contributed by atoms with Crippen molar-refractivity contribution in [1.29, 1.82) is 0 Å². The Morgan fingerprint density at radius 3 is 2.59 bits per heavy atom. The van der Waals surface area contributed by atoms with Crippen LogP contribution in [0.4, 0.5) is 0 Å². The lowest BCUT2D eigenvalue weighted by Crippen LogP contribution is -2.02. The highest BCUT2D eigenvalue weighted by molar-refractivity contribution is 5.42. The maximum atomic E-state index is 10.4. The predicted molar refractivity (Wildman–Crippen MR) is 65.8 cm³/mol. The molecule has 0 atom stereocenters. The Bertz CT molecular complexity index is 466. The summed E-state index contributed by atoms with van der Waals surface area (Å²) in [5.41, 5.74) is 1.75. The van der Waals surface area contributed by atoms with E-state index in [1.807, 2.05) is 31.2 Å². The average molecular weight is 229 g/mol. The van der Waals surface area contributed by atoms with Crippen molar-refractivity contribution in [3.63, 3.8) is 0 Å². The van der Waals surface area contributed by atoms with Crippen LogP contribution in [0.15, 0.2) is 41.4 Å². The molecule has 0 unspecified atom stereocenters. The van der Waals surface area contributed by atoms with Gasteiger partial charge in [0.05, 0.1) is 5.54 Å². The third-order valence-corrected chi connectivity index (χ3v) is 2.86. The SMILES string of the molecule is C=C(C)COc1ccc(C2(N=C=O)CC2)cc1. The summed E-state index contributed by atoms with van der Waals surface area (Å²) in [4.78, 5) is 14.2. The summed E-state index contributed by atoms with van der Waals surface area (Å²) >= 11 is 0. The smallest absolute Gasteiger partial charge is 0.235 e. The summed E-state index contributed by atoms with van der Waals surface area (Å²) in [5.74, 6) is 0.808. The Kier molecular flexibility index (Phi) is 3.12. The molecule has 1 aliphatic rings.